The number of fused-ring (bicyclic) bond motifs is 2. The van der Waals surface area contributed by atoms with E-state index in [1.807, 2.05) is 49.6 Å². The van der Waals surface area contributed by atoms with Crippen molar-refractivity contribution >= 4 is 11.6 Å². The van der Waals surface area contributed by atoms with Crippen LogP contribution in [-0.4, -0.2) is 33.8 Å². The maximum atomic E-state index is 12.3. The number of nitrogens with zero attached hydrogens (tertiary/aromatic N) is 3. The molecule has 0 saturated carbocycles. The summed E-state index contributed by atoms with van der Waals surface area (Å²) in [6.45, 7) is 6.83. The predicted molar refractivity (Wildman–Crippen MR) is 105 cm³/mol. The van der Waals surface area contributed by atoms with E-state index in [1.165, 1.54) is 0 Å². The highest BCUT2D eigenvalue weighted by Gasteiger charge is 2.14. The van der Waals surface area contributed by atoms with Gasteiger partial charge in [-0.15, -0.1) is 0 Å². The van der Waals surface area contributed by atoms with Crippen LogP contribution in [0.1, 0.15) is 34.6 Å². The van der Waals surface area contributed by atoms with Crippen molar-refractivity contribution in [3.8, 4) is 11.5 Å². The lowest BCUT2D eigenvalue weighted by molar-refractivity contribution is -0.121. The molecule has 7 heteroatoms. The summed E-state index contributed by atoms with van der Waals surface area (Å²) in [6, 6.07) is 7.84. The van der Waals surface area contributed by atoms with Gasteiger partial charge in [-0.3, -0.25) is 4.79 Å². The summed E-state index contributed by atoms with van der Waals surface area (Å²) < 4.78 is 12.6. The van der Waals surface area contributed by atoms with Crippen LogP contribution in [0.15, 0.2) is 24.3 Å². The van der Waals surface area contributed by atoms with E-state index in [-0.39, 0.29) is 12.7 Å². The Bertz CT molecular complexity index is 1040. The number of aromatic nitrogens is 3. The van der Waals surface area contributed by atoms with Gasteiger partial charge in [-0.25, -0.2) is 9.50 Å². The van der Waals surface area contributed by atoms with Gasteiger partial charge in [0.2, 0.25) is 12.7 Å². The number of rotatable bonds is 6. The van der Waals surface area contributed by atoms with Crippen molar-refractivity contribution in [2.45, 2.75) is 40.0 Å². The molecule has 0 aliphatic carbocycles. The van der Waals surface area contributed by atoms with Crippen molar-refractivity contribution in [3.05, 3.63) is 52.5 Å². The van der Waals surface area contributed by atoms with Crippen LogP contribution in [0, 0.1) is 20.8 Å². The number of amides is 1. The van der Waals surface area contributed by atoms with Crippen LogP contribution in [0.5, 0.6) is 11.5 Å². The van der Waals surface area contributed by atoms with Gasteiger partial charge < -0.3 is 14.8 Å². The Morgan fingerprint density at radius 1 is 1.14 bits per heavy atom. The second-order valence-electron chi connectivity index (χ2n) is 7.10. The summed E-state index contributed by atoms with van der Waals surface area (Å²) in [5, 5.41) is 7.48. The molecule has 0 bridgehead atoms. The topological polar surface area (TPSA) is 77.8 Å². The number of benzene rings is 1. The molecule has 0 spiro atoms. The average molecular weight is 380 g/mol. The van der Waals surface area contributed by atoms with E-state index in [2.05, 4.69) is 15.4 Å². The molecular weight excluding hydrogens is 356 g/mol. The van der Waals surface area contributed by atoms with Gasteiger partial charge in [-0.05, 0) is 56.9 Å². The van der Waals surface area contributed by atoms with Crippen LogP contribution in [0.2, 0.25) is 0 Å². The molecule has 4 rings (SSSR count). The normalized spacial score (nSPS) is 12.5. The molecule has 0 fully saturated rings. The molecule has 3 heterocycles. The molecule has 0 saturated heterocycles. The molecule has 146 valence electrons. The van der Waals surface area contributed by atoms with Crippen molar-refractivity contribution in [1.82, 2.24) is 19.9 Å². The van der Waals surface area contributed by atoms with E-state index in [0.717, 1.165) is 51.8 Å². The maximum Gasteiger partial charge on any atom is 0.231 e. The lowest BCUT2D eigenvalue weighted by atomic mass is 10.1. The Kier molecular flexibility index (Phi) is 4.90. The van der Waals surface area contributed by atoms with Crippen LogP contribution >= 0.6 is 0 Å². The van der Waals surface area contributed by atoms with E-state index >= 15 is 0 Å². The number of aryl methyl sites for hydroxylation is 3. The molecule has 1 aliphatic rings. The number of nitrogens with one attached hydrogen (secondary N) is 1. The van der Waals surface area contributed by atoms with Gasteiger partial charge in [0.15, 0.2) is 17.1 Å². The first-order chi connectivity index (χ1) is 13.5. The second-order valence-corrected chi connectivity index (χ2v) is 7.10. The lowest BCUT2D eigenvalue weighted by Crippen LogP contribution is -2.26. The van der Waals surface area contributed by atoms with Crippen LogP contribution in [0.3, 0.4) is 0 Å². The van der Waals surface area contributed by atoms with Gasteiger partial charge in [0.25, 0.3) is 0 Å². The fraction of sp³-hybridized carbons (Fsp3) is 0.381. The van der Waals surface area contributed by atoms with Gasteiger partial charge in [-0.2, -0.15) is 5.10 Å². The Morgan fingerprint density at radius 2 is 1.96 bits per heavy atom. The van der Waals surface area contributed by atoms with Gasteiger partial charge in [-0.1, -0.05) is 6.07 Å². The van der Waals surface area contributed by atoms with Crippen molar-refractivity contribution in [2.24, 2.45) is 0 Å². The fourth-order valence-electron chi connectivity index (χ4n) is 3.57. The van der Waals surface area contributed by atoms with Crippen LogP contribution < -0.4 is 14.8 Å². The Morgan fingerprint density at radius 3 is 2.82 bits per heavy atom. The molecule has 1 amide bonds. The largest absolute Gasteiger partial charge is 0.454 e. The van der Waals surface area contributed by atoms with Gasteiger partial charge in [0.05, 0.1) is 5.69 Å². The van der Waals surface area contributed by atoms with Gasteiger partial charge in [0.1, 0.15) is 0 Å². The van der Waals surface area contributed by atoms with Crippen molar-refractivity contribution in [3.63, 3.8) is 0 Å². The third-order valence-electron chi connectivity index (χ3n) is 5.06. The number of carbonyl (C=O) groups excluding carboxylic acids is 1. The Labute approximate surface area is 163 Å². The molecular formula is C21H24N4O3. The summed E-state index contributed by atoms with van der Waals surface area (Å²) in [4.78, 5) is 16.9. The van der Waals surface area contributed by atoms with E-state index in [4.69, 9.17) is 9.47 Å². The summed E-state index contributed by atoms with van der Waals surface area (Å²) in [7, 11) is 0. The van der Waals surface area contributed by atoms with Crippen LogP contribution in [0.4, 0.5) is 0 Å². The fourth-order valence-corrected chi connectivity index (χ4v) is 3.57. The quantitative estimate of drug-likeness (QED) is 0.711. The summed E-state index contributed by atoms with van der Waals surface area (Å²) in [5.41, 5.74) is 5.99. The third kappa shape index (κ3) is 3.65. The number of carbonyl (C=O) groups is 1. The highest BCUT2D eigenvalue weighted by atomic mass is 16.7. The molecule has 1 aromatic carbocycles. The van der Waals surface area contributed by atoms with Gasteiger partial charge >= 0.3 is 0 Å². The minimum absolute atomic E-state index is 0.0382. The van der Waals surface area contributed by atoms with Crippen LogP contribution in [-0.2, 0) is 17.6 Å². The monoisotopic (exact) mass is 380 g/mol. The van der Waals surface area contributed by atoms with Crippen molar-refractivity contribution < 1.29 is 14.3 Å². The predicted octanol–water partition coefficient (Wildman–Crippen LogP) is 2.67. The zero-order valence-corrected chi connectivity index (χ0v) is 16.4. The molecule has 7 nitrogen and oxygen atoms in total. The van der Waals surface area contributed by atoms with E-state index in [0.29, 0.717) is 19.4 Å². The second kappa shape index (κ2) is 7.50. The number of ether oxygens (including phenoxy) is 2. The Hall–Kier alpha value is -3.09. The third-order valence-corrected chi connectivity index (χ3v) is 5.06. The highest BCUT2D eigenvalue weighted by Crippen LogP contribution is 2.32. The zero-order valence-electron chi connectivity index (χ0n) is 16.4. The average Bonchev–Trinajstić information content (AvgIpc) is 3.27. The minimum atomic E-state index is 0.0382. The molecule has 0 unspecified atom stereocenters. The standard InChI is InChI=1S/C21H24N4O3/c1-13-10-20-23-14(2)17(15(3)25(20)24-13)5-7-21(26)22-9-8-16-4-6-18-19(11-16)28-12-27-18/h4,6,10-11H,5,7-9,12H2,1-3H3,(H,22,26). The Balaban J connectivity index is 1.31. The summed E-state index contributed by atoms with van der Waals surface area (Å²) >= 11 is 0. The smallest absolute Gasteiger partial charge is 0.231 e. The van der Waals surface area contributed by atoms with Gasteiger partial charge in [0, 0.05) is 30.4 Å². The first-order valence-electron chi connectivity index (χ1n) is 9.49. The summed E-state index contributed by atoms with van der Waals surface area (Å²) in [6.07, 6.45) is 1.83. The number of hydrogen-bond donors (Lipinski definition) is 1. The maximum absolute atomic E-state index is 12.3. The first-order valence-corrected chi connectivity index (χ1v) is 9.49. The summed E-state index contributed by atoms with van der Waals surface area (Å²) in [5.74, 6) is 1.58. The SMILES string of the molecule is Cc1cc2nc(C)c(CCC(=O)NCCc3ccc4c(c3)OCO4)c(C)n2n1. The molecule has 0 atom stereocenters. The lowest BCUT2D eigenvalue weighted by Gasteiger charge is -2.11. The van der Waals surface area contributed by atoms with Crippen LogP contribution in [0.25, 0.3) is 5.65 Å². The highest BCUT2D eigenvalue weighted by molar-refractivity contribution is 5.76. The minimum Gasteiger partial charge on any atom is -0.454 e. The molecule has 0 radical (unpaired) electrons. The van der Waals surface area contributed by atoms with Crippen molar-refractivity contribution in [1.29, 1.82) is 0 Å². The van der Waals surface area contributed by atoms with Crippen molar-refractivity contribution in [2.75, 3.05) is 13.3 Å². The molecule has 2 aromatic heterocycles. The zero-order chi connectivity index (χ0) is 19.7. The molecule has 1 aliphatic heterocycles. The van der Waals surface area contributed by atoms with E-state index < -0.39 is 0 Å². The first kappa shape index (κ1) is 18.3. The molecule has 1 N–H and O–H groups in total. The number of hydrogen-bond acceptors (Lipinski definition) is 5. The van der Waals surface area contributed by atoms with E-state index in [9.17, 15) is 4.79 Å². The molecule has 28 heavy (non-hydrogen) atoms. The van der Waals surface area contributed by atoms with E-state index in [1.54, 1.807) is 0 Å². The molecule has 3 aromatic rings.